The van der Waals surface area contributed by atoms with Gasteiger partial charge in [0.25, 0.3) is 5.56 Å². The van der Waals surface area contributed by atoms with E-state index in [1.165, 1.54) is 36.9 Å². The maximum Gasteiger partial charge on any atom is 0.419 e. The Balaban J connectivity index is 1.90. The van der Waals surface area contributed by atoms with Gasteiger partial charge in [-0.05, 0) is 30.2 Å². The average Bonchev–Trinajstić information content (AvgIpc) is 3.32. The quantitative estimate of drug-likeness (QED) is 0.669. The van der Waals surface area contributed by atoms with Crippen LogP contribution in [-0.4, -0.2) is 41.9 Å². The largest absolute Gasteiger partial charge is 0.496 e. The van der Waals surface area contributed by atoms with E-state index in [9.17, 15) is 23.1 Å². The van der Waals surface area contributed by atoms with Gasteiger partial charge in [-0.15, -0.1) is 11.3 Å². The number of aliphatic hydroxyl groups is 1. The third-order valence-electron chi connectivity index (χ3n) is 5.08. The van der Waals surface area contributed by atoms with Crippen molar-refractivity contribution in [1.82, 2.24) is 9.97 Å². The summed E-state index contributed by atoms with van der Waals surface area (Å²) >= 11 is 1.24. The Morgan fingerprint density at radius 2 is 2.21 bits per heavy atom. The second-order valence-corrected chi connectivity index (χ2v) is 7.89. The maximum atomic E-state index is 13.5. The minimum Gasteiger partial charge on any atom is -0.496 e. The van der Waals surface area contributed by atoms with E-state index in [0.717, 1.165) is 12.5 Å². The van der Waals surface area contributed by atoms with Crippen molar-refractivity contribution >= 4 is 27.2 Å². The van der Waals surface area contributed by atoms with Gasteiger partial charge < -0.3 is 19.7 Å². The number of fused-ring (bicyclic) bond motifs is 1. The molecule has 0 amide bonds. The molecule has 6 nitrogen and oxygen atoms in total. The van der Waals surface area contributed by atoms with Gasteiger partial charge in [-0.1, -0.05) is 0 Å². The number of alkyl halides is 3. The molecular weight excluding hydrogens is 407 g/mol. The molecule has 3 aromatic rings. The van der Waals surface area contributed by atoms with E-state index in [1.807, 2.05) is 4.90 Å². The van der Waals surface area contributed by atoms with Crippen LogP contribution in [0.5, 0.6) is 5.75 Å². The Hall–Kier alpha value is -2.59. The Bertz CT molecular complexity index is 1110. The molecule has 3 heterocycles. The molecule has 4 rings (SSSR count). The number of rotatable bonds is 4. The molecule has 1 aromatic carbocycles. The van der Waals surface area contributed by atoms with Crippen LogP contribution in [0, 0.1) is 5.92 Å². The monoisotopic (exact) mass is 425 g/mol. The van der Waals surface area contributed by atoms with Crippen LogP contribution in [0.4, 0.5) is 18.2 Å². The minimum absolute atomic E-state index is 0.0503. The Morgan fingerprint density at radius 1 is 1.41 bits per heavy atom. The molecule has 0 saturated carbocycles. The van der Waals surface area contributed by atoms with E-state index in [0.29, 0.717) is 39.4 Å². The highest BCUT2D eigenvalue weighted by Crippen LogP contribution is 2.45. The highest BCUT2D eigenvalue weighted by atomic mass is 32.1. The Labute approximate surface area is 167 Å². The van der Waals surface area contributed by atoms with Gasteiger partial charge in [-0.25, -0.2) is 4.98 Å². The van der Waals surface area contributed by atoms with Gasteiger partial charge >= 0.3 is 6.18 Å². The first-order chi connectivity index (χ1) is 13.8. The molecule has 1 fully saturated rings. The first-order valence-electron chi connectivity index (χ1n) is 8.95. The average molecular weight is 425 g/mol. The molecule has 10 heteroatoms. The Kier molecular flexibility index (Phi) is 4.99. The molecule has 154 valence electrons. The fourth-order valence-electron chi connectivity index (χ4n) is 3.62. The molecule has 2 aromatic heterocycles. The van der Waals surface area contributed by atoms with Gasteiger partial charge in [0.05, 0.1) is 29.4 Å². The van der Waals surface area contributed by atoms with Crippen LogP contribution in [0.1, 0.15) is 12.0 Å². The molecule has 1 aliphatic rings. The number of aromatic nitrogens is 2. The smallest absolute Gasteiger partial charge is 0.419 e. The van der Waals surface area contributed by atoms with Crippen molar-refractivity contribution in [3.63, 3.8) is 0 Å². The van der Waals surface area contributed by atoms with Crippen LogP contribution >= 0.6 is 11.3 Å². The summed E-state index contributed by atoms with van der Waals surface area (Å²) in [5.74, 6) is -0.164. The number of halogens is 3. The normalized spacial score (nSPS) is 17.3. The highest BCUT2D eigenvalue weighted by Gasteiger charge is 2.35. The third kappa shape index (κ3) is 3.46. The van der Waals surface area contributed by atoms with Crippen molar-refractivity contribution in [3.8, 4) is 16.2 Å². The van der Waals surface area contributed by atoms with E-state index in [-0.39, 0.29) is 23.8 Å². The van der Waals surface area contributed by atoms with Crippen LogP contribution in [0.2, 0.25) is 0 Å². The van der Waals surface area contributed by atoms with Gasteiger partial charge in [0.15, 0.2) is 0 Å². The van der Waals surface area contributed by atoms with Crippen molar-refractivity contribution in [2.24, 2.45) is 5.92 Å². The lowest BCUT2D eigenvalue weighted by Crippen LogP contribution is -2.21. The first-order valence-corrected chi connectivity index (χ1v) is 9.76. The van der Waals surface area contributed by atoms with Crippen LogP contribution in [-0.2, 0) is 6.18 Å². The highest BCUT2D eigenvalue weighted by molar-refractivity contribution is 7.21. The zero-order valence-corrected chi connectivity index (χ0v) is 16.2. The van der Waals surface area contributed by atoms with E-state index < -0.39 is 11.7 Å². The summed E-state index contributed by atoms with van der Waals surface area (Å²) in [6.45, 7) is 1.29. The molecule has 0 spiro atoms. The summed E-state index contributed by atoms with van der Waals surface area (Å²) in [5.41, 5.74) is -0.550. The molecular formula is C19H18F3N3O3S. The lowest BCUT2D eigenvalue weighted by molar-refractivity contribution is -0.138. The van der Waals surface area contributed by atoms with Crippen molar-refractivity contribution in [2.45, 2.75) is 12.6 Å². The van der Waals surface area contributed by atoms with Gasteiger partial charge in [-0.2, -0.15) is 13.2 Å². The van der Waals surface area contributed by atoms with Gasteiger partial charge in [-0.3, -0.25) is 4.79 Å². The number of H-pyrrole nitrogens is 1. The van der Waals surface area contributed by atoms with Crippen molar-refractivity contribution in [2.75, 3.05) is 31.7 Å². The lowest BCUT2D eigenvalue weighted by Gasteiger charge is -2.16. The zero-order chi connectivity index (χ0) is 20.8. The predicted octanol–water partition coefficient (Wildman–Crippen LogP) is 3.50. The number of thiophene rings is 1. The topological polar surface area (TPSA) is 78.5 Å². The molecule has 29 heavy (non-hydrogen) atoms. The number of benzene rings is 1. The SMILES string of the molecule is COc1ccc(-c2sc(N3CCC(CO)C3)c3c(=O)[nH]cnc23)cc1C(F)(F)F. The summed E-state index contributed by atoms with van der Waals surface area (Å²) in [4.78, 5) is 21.8. The fraction of sp³-hybridized carbons (Fsp3) is 0.368. The fourth-order valence-corrected chi connectivity index (χ4v) is 4.90. The number of nitrogens with zero attached hydrogens (tertiary/aromatic N) is 2. The van der Waals surface area contributed by atoms with Gasteiger partial charge in [0, 0.05) is 25.6 Å². The van der Waals surface area contributed by atoms with E-state index in [4.69, 9.17) is 4.74 Å². The van der Waals surface area contributed by atoms with Crippen molar-refractivity contribution in [1.29, 1.82) is 0 Å². The van der Waals surface area contributed by atoms with E-state index in [1.54, 1.807) is 0 Å². The van der Waals surface area contributed by atoms with Crippen LogP contribution in [0.15, 0.2) is 29.3 Å². The van der Waals surface area contributed by atoms with Crippen molar-refractivity contribution < 1.29 is 23.0 Å². The zero-order valence-electron chi connectivity index (χ0n) is 15.4. The van der Waals surface area contributed by atoms with E-state index in [2.05, 4.69) is 9.97 Å². The summed E-state index contributed by atoms with van der Waals surface area (Å²) < 4.78 is 45.2. The van der Waals surface area contributed by atoms with Crippen LogP contribution in [0.25, 0.3) is 21.3 Å². The number of aromatic amines is 1. The van der Waals surface area contributed by atoms with E-state index >= 15 is 0 Å². The third-order valence-corrected chi connectivity index (χ3v) is 6.37. The predicted molar refractivity (Wildman–Crippen MR) is 105 cm³/mol. The minimum atomic E-state index is -4.58. The lowest BCUT2D eigenvalue weighted by atomic mass is 10.1. The Morgan fingerprint density at radius 3 is 2.86 bits per heavy atom. The molecule has 1 saturated heterocycles. The number of hydrogen-bond acceptors (Lipinski definition) is 6. The number of aliphatic hydroxyl groups excluding tert-OH is 1. The molecule has 1 unspecified atom stereocenters. The number of anilines is 1. The summed E-state index contributed by atoms with van der Waals surface area (Å²) in [6.07, 6.45) is -2.55. The maximum absolute atomic E-state index is 13.5. The summed E-state index contributed by atoms with van der Waals surface area (Å²) in [6, 6.07) is 3.83. The summed E-state index contributed by atoms with van der Waals surface area (Å²) in [5, 5.41) is 10.4. The molecule has 2 N–H and O–H groups in total. The second kappa shape index (κ2) is 7.34. The molecule has 1 atom stereocenters. The molecule has 0 aliphatic carbocycles. The standard InChI is InChI=1S/C19H18F3N3O3S/c1-28-13-3-2-11(6-12(13)19(20,21)22)16-15-14(17(27)24-9-23-15)18(29-16)25-5-4-10(7-25)8-26/h2-3,6,9-10,26H,4-5,7-8H2,1H3,(H,23,24,27). The van der Waals surface area contributed by atoms with Gasteiger partial charge in [0.2, 0.25) is 0 Å². The van der Waals surface area contributed by atoms with Crippen LogP contribution in [0.3, 0.4) is 0 Å². The summed E-state index contributed by atoms with van der Waals surface area (Å²) in [7, 11) is 1.19. The number of nitrogens with one attached hydrogen (secondary N) is 1. The second-order valence-electron chi connectivity index (χ2n) is 6.89. The number of methoxy groups -OCH3 is 1. The van der Waals surface area contributed by atoms with Crippen LogP contribution < -0.4 is 15.2 Å². The first kappa shape index (κ1) is 19.7. The molecule has 0 radical (unpaired) electrons. The molecule has 1 aliphatic heterocycles. The van der Waals surface area contributed by atoms with Crippen molar-refractivity contribution in [3.05, 3.63) is 40.4 Å². The molecule has 0 bridgehead atoms. The number of ether oxygens (including phenoxy) is 1. The number of hydrogen-bond donors (Lipinski definition) is 2. The van der Waals surface area contributed by atoms with Gasteiger partial charge in [0.1, 0.15) is 16.1 Å².